The first-order chi connectivity index (χ1) is 15.6. The molecule has 1 aromatic heterocycles. The molecule has 2 heterocycles. The van der Waals surface area contributed by atoms with Gasteiger partial charge in [0.25, 0.3) is 5.91 Å². The summed E-state index contributed by atoms with van der Waals surface area (Å²) in [4.78, 5) is 27.1. The minimum absolute atomic E-state index is 0.0607. The predicted molar refractivity (Wildman–Crippen MR) is 130 cm³/mol. The average molecular weight is 487 g/mol. The summed E-state index contributed by atoms with van der Waals surface area (Å²) in [5.41, 5.74) is 1.78. The molecule has 1 aliphatic heterocycles. The number of thioether (sulfide) groups is 1. The van der Waals surface area contributed by atoms with Gasteiger partial charge in [0.15, 0.2) is 0 Å². The standard InChI is InChI=1S/C23H23ClN4O2S2/c24-19-9-5-4-8-18(19)22(30)28-12-10-17(11-13-28)21(29)25-23-27-26-20(32-23)15-31-14-16-6-2-1-3-7-16/h1-9,17H,10-15H2,(H,25,27,29). The molecule has 9 heteroatoms. The van der Waals surface area contributed by atoms with E-state index in [9.17, 15) is 9.59 Å². The highest BCUT2D eigenvalue weighted by Crippen LogP contribution is 2.26. The summed E-state index contributed by atoms with van der Waals surface area (Å²) < 4.78 is 0. The Morgan fingerprint density at radius 2 is 1.75 bits per heavy atom. The number of aromatic nitrogens is 2. The zero-order chi connectivity index (χ0) is 22.3. The second kappa shape index (κ2) is 10.9. The van der Waals surface area contributed by atoms with Crippen LogP contribution in [0.3, 0.4) is 0 Å². The van der Waals surface area contributed by atoms with Crippen LogP contribution in [0.4, 0.5) is 5.13 Å². The molecule has 0 unspecified atom stereocenters. The molecule has 4 rings (SSSR count). The highest BCUT2D eigenvalue weighted by Gasteiger charge is 2.29. The Kier molecular flexibility index (Phi) is 7.78. The molecule has 0 radical (unpaired) electrons. The third kappa shape index (κ3) is 5.88. The maximum Gasteiger partial charge on any atom is 0.255 e. The topological polar surface area (TPSA) is 75.2 Å². The van der Waals surface area contributed by atoms with Crippen molar-refractivity contribution in [3.63, 3.8) is 0 Å². The zero-order valence-electron chi connectivity index (χ0n) is 17.4. The third-order valence-electron chi connectivity index (χ3n) is 5.29. The number of nitrogens with one attached hydrogen (secondary N) is 1. The molecule has 1 saturated heterocycles. The molecule has 1 N–H and O–H groups in total. The number of carbonyl (C=O) groups excluding carboxylic acids is 2. The molecule has 1 aliphatic rings. The van der Waals surface area contributed by atoms with Crippen LogP contribution in [0.2, 0.25) is 5.02 Å². The van der Waals surface area contributed by atoms with E-state index < -0.39 is 0 Å². The van der Waals surface area contributed by atoms with Crippen molar-refractivity contribution in [3.8, 4) is 0 Å². The maximum atomic E-state index is 12.7. The van der Waals surface area contributed by atoms with Crippen molar-refractivity contribution in [3.05, 3.63) is 75.8 Å². The summed E-state index contributed by atoms with van der Waals surface area (Å²) in [6.07, 6.45) is 1.22. The molecule has 0 spiro atoms. The van der Waals surface area contributed by atoms with Crippen molar-refractivity contribution < 1.29 is 9.59 Å². The molecule has 2 aromatic carbocycles. The molecule has 32 heavy (non-hydrogen) atoms. The molecular weight excluding hydrogens is 464 g/mol. The Hall–Kier alpha value is -2.42. The second-order valence-corrected chi connectivity index (χ2v) is 9.97. The van der Waals surface area contributed by atoms with Crippen molar-refractivity contribution in [2.75, 3.05) is 18.4 Å². The van der Waals surface area contributed by atoms with Gasteiger partial charge < -0.3 is 10.2 Å². The molecule has 3 aromatic rings. The van der Waals surface area contributed by atoms with Gasteiger partial charge in [0.1, 0.15) is 5.01 Å². The minimum Gasteiger partial charge on any atom is -0.339 e. The van der Waals surface area contributed by atoms with Crippen molar-refractivity contribution in [1.29, 1.82) is 0 Å². The van der Waals surface area contributed by atoms with Gasteiger partial charge in [0.05, 0.1) is 10.6 Å². The molecule has 1 fully saturated rings. The Labute approximate surface area is 200 Å². The van der Waals surface area contributed by atoms with Crippen LogP contribution in [0.1, 0.15) is 33.8 Å². The molecule has 2 amide bonds. The smallest absolute Gasteiger partial charge is 0.255 e. The van der Waals surface area contributed by atoms with E-state index in [1.807, 2.05) is 18.2 Å². The Morgan fingerprint density at radius 3 is 2.50 bits per heavy atom. The number of carbonyl (C=O) groups is 2. The van der Waals surface area contributed by atoms with Crippen LogP contribution in [0.15, 0.2) is 54.6 Å². The molecule has 0 saturated carbocycles. The summed E-state index contributed by atoms with van der Waals surface area (Å²) in [5.74, 6) is 1.37. The fraction of sp³-hybridized carbons (Fsp3) is 0.304. The van der Waals surface area contributed by atoms with E-state index in [0.29, 0.717) is 41.6 Å². The number of benzene rings is 2. The lowest BCUT2D eigenvalue weighted by atomic mass is 9.95. The molecular formula is C23H23ClN4O2S2. The summed E-state index contributed by atoms with van der Waals surface area (Å²) in [6.45, 7) is 1.05. The normalized spacial score (nSPS) is 14.3. The lowest BCUT2D eigenvalue weighted by molar-refractivity contribution is -0.121. The second-order valence-electron chi connectivity index (χ2n) is 7.51. The SMILES string of the molecule is O=C(Nc1nnc(CSCc2ccccc2)s1)C1CCN(C(=O)c2ccccc2Cl)CC1. The predicted octanol–water partition coefficient (Wildman–Crippen LogP) is 5.12. The number of hydrogen-bond donors (Lipinski definition) is 1. The fourth-order valence-corrected chi connectivity index (χ4v) is 5.55. The first kappa shape index (κ1) is 22.8. The molecule has 0 aliphatic carbocycles. The number of rotatable bonds is 7. The summed E-state index contributed by atoms with van der Waals surface area (Å²) in [6, 6.07) is 17.3. The van der Waals surface area contributed by atoms with Crippen LogP contribution in [0.25, 0.3) is 0 Å². The molecule has 166 valence electrons. The van der Waals surface area contributed by atoms with Crippen LogP contribution in [0.5, 0.6) is 0 Å². The van der Waals surface area contributed by atoms with Crippen molar-refractivity contribution >= 4 is 51.6 Å². The largest absolute Gasteiger partial charge is 0.339 e. The van der Waals surface area contributed by atoms with Crippen LogP contribution in [-0.2, 0) is 16.3 Å². The monoisotopic (exact) mass is 486 g/mol. The zero-order valence-corrected chi connectivity index (χ0v) is 19.8. The van der Waals surface area contributed by atoms with Crippen molar-refractivity contribution in [1.82, 2.24) is 15.1 Å². The van der Waals surface area contributed by atoms with Gasteiger partial charge in [-0.2, -0.15) is 0 Å². The van der Waals surface area contributed by atoms with Gasteiger partial charge in [0.2, 0.25) is 11.0 Å². The average Bonchev–Trinajstić information content (AvgIpc) is 3.27. The number of anilines is 1. The van der Waals surface area contributed by atoms with Gasteiger partial charge in [-0.15, -0.1) is 22.0 Å². The Balaban J connectivity index is 1.23. The number of amides is 2. The minimum atomic E-state index is -0.148. The van der Waals surface area contributed by atoms with E-state index >= 15 is 0 Å². The van der Waals surface area contributed by atoms with E-state index in [0.717, 1.165) is 16.5 Å². The number of hydrogen-bond acceptors (Lipinski definition) is 6. The van der Waals surface area contributed by atoms with Gasteiger partial charge in [0, 0.05) is 30.5 Å². The number of halogens is 1. The van der Waals surface area contributed by atoms with Crippen LogP contribution in [-0.4, -0.2) is 40.0 Å². The lowest BCUT2D eigenvalue weighted by Crippen LogP contribution is -2.41. The van der Waals surface area contributed by atoms with E-state index in [2.05, 4.69) is 27.6 Å². The van der Waals surface area contributed by atoms with Gasteiger partial charge in [-0.25, -0.2) is 0 Å². The van der Waals surface area contributed by atoms with E-state index in [1.54, 1.807) is 40.9 Å². The van der Waals surface area contributed by atoms with Crippen molar-refractivity contribution in [2.45, 2.75) is 24.3 Å². The summed E-state index contributed by atoms with van der Waals surface area (Å²) in [7, 11) is 0. The highest BCUT2D eigenvalue weighted by molar-refractivity contribution is 7.97. The van der Waals surface area contributed by atoms with Gasteiger partial charge >= 0.3 is 0 Å². The third-order valence-corrected chi connectivity index (χ3v) is 7.66. The summed E-state index contributed by atoms with van der Waals surface area (Å²) in [5, 5.41) is 13.1. The van der Waals surface area contributed by atoms with Crippen LogP contribution in [0, 0.1) is 5.92 Å². The number of nitrogens with zero attached hydrogens (tertiary/aromatic N) is 3. The quantitative estimate of drug-likeness (QED) is 0.502. The lowest BCUT2D eigenvalue weighted by Gasteiger charge is -2.31. The maximum absolute atomic E-state index is 12.7. The van der Waals surface area contributed by atoms with Crippen molar-refractivity contribution in [2.24, 2.45) is 5.92 Å². The number of likely N-dealkylation sites (tertiary alicyclic amines) is 1. The summed E-state index contributed by atoms with van der Waals surface area (Å²) >= 11 is 9.33. The van der Waals surface area contributed by atoms with Gasteiger partial charge in [-0.1, -0.05) is 65.4 Å². The first-order valence-corrected chi connectivity index (χ1v) is 12.7. The van der Waals surface area contributed by atoms with E-state index in [-0.39, 0.29) is 17.7 Å². The van der Waals surface area contributed by atoms with Gasteiger partial charge in [-0.05, 0) is 30.5 Å². The highest BCUT2D eigenvalue weighted by atomic mass is 35.5. The van der Waals surface area contributed by atoms with Crippen LogP contribution >= 0.6 is 34.7 Å². The Morgan fingerprint density at radius 1 is 1.03 bits per heavy atom. The Bertz CT molecular complexity index is 1070. The molecule has 0 bridgehead atoms. The van der Waals surface area contributed by atoms with E-state index in [4.69, 9.17) is 11.6 Å². The fourth-order valence-electron chi connectivity index (χ4n) is 3.55. The molecule has 6 nitrogen and oxygen atoms in total. The van der Waals surface area contributed by atoms with Gasteiger partial charge in [-0.3, -0.25) is 9.59 Å². The molecule has 0 atom stereocenters. The van der Waals surface area contributed by atoms with E-state index in [1.165, 1.54) is 16.9 Å². The van der Waals surface area contributed by atoms with Crippen LogP contribution < -0.4 is 5.32 Å². The first-order valence-electron chi connectivity index (χ1n) is 10.4. The number of piperidine rings is 1.